The summed E-state index contributed by atoms with van der Waals surface area (Å²) in [6, 6.07) is 0. The first kappa shape index (κ1) is 7.85. The monoisotopic (exact) mass is 120 g/mol. The molecule has 3 heteroatoms. The molecule has 0 aliphatic rings. The molecule has 0 aromatic carbocycles. The van der Waals surface area contributed by atoms with Crippen LogP contribution in [0.1, 0.15) is 6.92 Å². The average Bonchev–Trinajstić information content (AvgIpc) is 1.83. The smallest absolute Gasteiger partial charge is 0.0387 e. The van der Waals surface area contributed by atoms with Gasteiger partial charge in [-0.15, -0.1) is 4.48 Å². The highest BCUT2D eigenvalue weighted by molar-refractivity contribution is 4.45. The van der Waals surface area contributed by atoms with E-state index in [0.717, 1.165) is 13.1 Å². The van der Waals surface area contributed by atoms with Gasteiger partial charge in [-0.3, -0.25) is 0 Å². The molecule has 0 spiro atoms. The number of hydrogen-bond acceptors (Lipinski definition) is 2. The molecule has 0 radical (unpaired) electrons. The van der Waals surface area contributed by atoms with Gasteiger partial charge in [-0.2, -0.15) is 5.54 Å². The Labute approximate surface area is 49.6 Å². The van der Waals surface area contributed by atoms with Crippen molar-refractivity contribution in [3.8, 4) is 0 Å². The summed E-state index contributed by atoms with van der Waals surface area (Å²) in [5, 5.41) is 0. The van der Waals surface area contributed by atoms with Crippen LogP contribution in [0.25, 0.3) is 0 Å². The minimum Gasteiger partial charge on any atom is -0.305 e. The van der Waals surface area contributed by atoms with Gasteiger partial charge >= 0.3 is 0 Å². The minimum absolute atomic E-state index is 0.421. The van der Waals surface area contributed by atoms with E-state index in [4.69, 9.17) is 0 Å². The molecule has 0 heterocycles. The highest BCUT2D eigenvalue weighted by atomic mass is 19.2. The number of nitrogens with zero attached hydrogens (tertiary/aromatic N) is 1. The molecule has 8 heavy (non-hydrogen) atoms. The molecule has 0 bridgehead atoms. The fourth-order valence-electron chi connectivity index (χ4n) is 0.391. The van der Waals surface area contributed by atoms with E-state index in [1.165, 1.54) is 0 Å². The molecule has 0 rings (SSSR count). The van der Waals surface area contributed by atoms with E-state index in [-0.39, 0.29) is 0 Å². The van der Waals surface area contributed by atoms with Crippen molar-refractivity contribution >= 4 is 0 Å². The number of halogens is 1. The summed E-state index contributed by atoms with van der Waals surface area (Å²) in [7, 11) is 1.96. The van der Waals surface area contributed by atoms with Gasteiger partial charge in [-0.05, 0) is 13.6 Å². The molecule has 0 fully saturated rings. The highest BCUT2D eigenvalue weighted by Gasteiger charge is 1.90. The fraction of sp³-hybridized carbons (Fsp3) is 1.00. The first-order chi connectivity index (χ1) is 3.81. The maximum Gasteiger partial charge on any atom is 0.0387 e. The summed E-state index contributed by atoms with van der Waals surface area (Å²) in [4.78, 5) is 2.03. The molecule has 0 aromatic rings. The number of rotatable bonds is 4. The Morgan fingerprint density at radius 1 is 1.62 bits per heavy atom. The van der Waals surface area contributed by atoms with Gasteiger partial charge < -0.3 is 4.90 Å². The second kappa shape index (κ2) is 5.00. The van der Waals surface area contributed by atoms with E-state index in [1.54, 1.807) is 5.54 Å². The van der Waals surface area contributed by atoms with Crippen molar-refractivity contribution in [1.29, 1.82) is 0 Å². The van der Waals surface area contributed by atoms with Gasteiger partial charge in [0.2, 0.25) is 0 Å². The van der Waals surface area contributed by atoms with Crippen LogP contribution in [0.15, 0.2) is 0 Å². The van der Waals surface area contributed by atoms with Crippen molar-refractivity contribution in [3.63, 3.8) is 0 Å². The lowest BCUT2D eigenvalue weighted by Crippen LogP contribution is -2.25. The van der Waals surface area contributed by atoms with Crippen LogP contribution in [0.2, 0.25) is 0 Å². The zero-order chi connectivity index (χ0) is 6.41. The molecular formula is C5H13FN2. The van der Waals surface area contributed by atoms with E-state index in [9.17, 15) is 4.48 Å². The first-order valence-electron chi connectivity index (χ1n) is 2.83. The Kier molecular flexibility index (Phi) is 4.90. The topological polar surface area (TPSA) is 15.3 Å². The Balaban J connectivity index is 2.86. The molecular weight excluding hydrogens is 107 g/mol. The maximum absolute atomic E-state index is 11.2. The SMILES string of the molecule is CCN(C)CCNF. The summed E-state index contributed by atoms with van der Waals surface area (Å²) in [6.07, 6.45) is 0. The second-order valence-corrected chi connectivity index (χ2v) is 1.78. The van der Waals surface area contributed by atoms with Gasteiger partial charge in [0, 0.05) is 13.1 Å². The van der Waals surface area contributed by atoms with Crippen LogP contribution in [0.3, 0.4) is 0 Å². The third-order valence-electron chi connectivity index (χ3n) is 1.13. The summed E-state index contributed by atoms with van der Waals surface area (Å²) in [5.74, 6) is 0. The predicted octanol–water partition coefficient (Wildman–Crippen LogP) is 0.412. The molecule has 0 aliphatic heterocycles. The van der Waals surface area contributed by atoms with Gasteiger partial charge in [0.25, 0.3) is 0 Å². The maximum atomic E-state index is 11.2. The van der Waals surface area contributed by atoms with Crippen LogP contribution in [-0.4, -0.2) is 31.6 Å². The molecule has 2 nitrogen and oxygen atoms in total. The normalized spacial score (nSPS) is 10.5. The van der Waals surface area contributed by atoms with Crippen LogP contribution >= 0.6 is 0 Å². The van der Waals surface area contributed by atoms with Gasteiger partial charge in [0.05, 0.1) is 0 Å². The molecule has 0 saturated carbocycles. The fourth-order valence-corrected chi connectivity index (χ4v) is 0.391. The first-order valence-corrected chi connectivity index (χ1v) is 2.83. The van der Waals surface area contributed by atoms with Gasteiger partial charge in [0.15, 0.2) is 0 Å². The minimum atomic E-state index is 0.421. The van der Waals surface area contributed by atoms with E-state index < -0.39 is 0 Å². The summed E-state index contributed by atoms with van der Waals surface area (Å²) < 4.78 is 11.2. The molecule has 0 amide bonds. The molecule has 0 saturated heterocycles. The lowest BCUT2D eigenvalue weighted by atomic mass is 10.5. The third-order valence-corrected chi connectivity index (χ3v) is 1.13. The van der Waals surface area contributed by atoms with Crippen LogP contribution in [-0.2, 0) is 0 Å². The standard InChI is InChI=1S/C5H13FN2/c1-3-8(2)5-4-7-6/h7H,3-5H2,1-2H3. The Hall–Kier alpha value is -0.150. The van der Waals surface area contributed by atoms with Gasteiger partial charge in [-0.1, -0.05) is 6.92 Å². The Bertz CT molecular complexity index is 49.7. The molecule has 50 valence electrons. The van der Waals surface area contributed by atoms with Crippen molar-refractivity contribution in [3.05, 3.63) is 0 Å². The third kappa shape index (κ3) is 4.02. The van der Waals surface area contributed by atoms with Crippen molar-refractivity contribution < 1.29 is 4.48 Å². The quantitative estimate of drug-likeness (QED) is 0.541. The van der Waals surface area contributed by atoms with Crippen LogP contribution in [0.5, 0.6) is 0 Å². The highest BCUT2D eigenvalue weighted by Crippen LogP contribution is 1.76. The predicted molar refractivity (Wildman–Crippen MR) is 32.3 cm³/mol. The largest absolute Gasteiger partial charge is 0.305 e. The van der Waals surface area contributed by atoms with E-state index in [2.05, 4.69) is 0 Å². The lowest BCUT2D eigenvalue weighted by Gasteiger charge is -2.10. The van der Waals surface area contributed by atoms with Crippen molar-refractivity contribution in [2.75, 3.05) is 26.7 Å². The van der Waals surface area contributed by atoms with Crippen LogP contribution < -0.4 is 5.54 Å². The van der Waals surface area contributed by atoms with Crippen LogP contribution in [0, 0.1) is 0 Å². The van der Waals surface area contributed by atoms with E-state index >= 15 is 0 Å². The zero-order valence-electron chi connectivity index (χ0n) is 5.45. The Morgan fingerprint density at radius 2 is 2.25 bits per heavy atom. The summed E-state index contributed by atoms with van der Waals surface area (Å²) >= 11 is 0. The lowest BCUT2D eigenvalue weighted by molar-refractivity contribution is 0.278. The van der Waals surface area contributed by atoms with Gasteiger partial charge in [0.1, 0.15) is 0 Å². The molecule has 0 aromatic heterocycles. The van der Waals surface area contributed by atoms with E-state index in [0.29, 0.717) is 6.54 Å². The molecule has 1 N–H and O–H groups in total. The van der Waals surface area contributed by atoms with Crippen molar-refractivity contribution in [2.24, 2.45) is 0 Å². The van der Waals surface area contributed by atoms with Gasteiger partial charge in [-0.25, -0.2) is 0 Å². The summed E-state index contributed by atoms with van der Waals surface area (Å²) in [6.45, 7) is 4.21. The second-order valence-electron chi connectivity index (χ2n) is 1.78. The van der Waals surface area contributed by atoms with Crippen molar-refractivity contribution in [1.82, 2.24) is 10.4 Å². The average molecular weight is 120 g/mol. The van der Waals surface area contributed by atoms with E-state index in [1.807, 2.05) is 18.9 Å². The Morgan fingerprint density at radius 3 is 2.62 bits per heavy atom. The number of likely N-dealkylation sites (N-methyl/N-ethyl adjacent to an activating group) is 1. The zero-order valence-corrected chi connectivity index (χ0v) is 5.45. The molecule has 0 aliphatic carbocycles. The number of nitrogens with one attached hydrogen (secondary N) is 1. The summed E-state index contributed by atoms with van der Waals surface area (Å²) in [5.41, 5.74) is 1.59. The molecule has 0 atom stereocenters. The van der Waals surface area contributed by atoms with Crippen molar-refractivity contribution in [2.45, 2.75) is 6.92 Å². The number of hydrogen-bond donors (Lipinski definition) is 1. The van der Waals surface area contributed by atoms with Crippen LogP contribution in [0.4, 0.5) is 4.48 Å². The molecule has 0 unspecified atom stereocenters.